The molecule has 3 aliphatic rings. The average Bonchev–Trinajstić information content (AvgIpc) is 3.11. The second kappa shape index (κ2) is 11.6. The number of amides is 1. The number of para-hydroxylation sites is 2. The summed E-state index contributed by atoms with van der Waals surface area (Å²) in [5, 5.41) is 4.37. The number of hydrogen-bond acceptors (Lipinski definition) is 6. The molecular formula is C35H40ClN5O2. The molecule has 1 aliphatic carbocycles. The van der Waals surface area contributed by atoms with Gasteiger partial charge in [0.25, 0.3) is 0 Å². The van der Waals surface area contributed by atoms with Crippen LogP contribution in [0, 0.1) is 5.41 Å². The van der Waals surface area contributed by atoms with Crippen molar-refractivity contribution in [3.05, 3.63) is 94.7 Å². The molecule has 0 radical (unpaired) electrons. The molecule has 1 saturated heterocycles. The minimum Gasteiger partial charge on any atom is -0.378 e. The minimum absolute atomic E-state index is 0.0584. The van der Waals surface area contributed by atoms with Crippen molar-refractivity contribution in [2.75, 3.05) is 66.8 Å². The third-order valence-electron chi connectivity index (χ3n) is 8.84. The van der Waals surface area contributed by atoms with Gasteiger partial charge in [0.2, 0.25) is 5.91 Å². The molecule has 0 saturated carbocycles. The summed E-state index contributed by atoms with van der Waals surface area (Å²) in [4.78, 5) is 36.5. The number of carbonyl (C=O) groups is 2. The van der Waals surface area contributed by atoms with Crippen LogP contribution in [0.5, 0.6) is 0 Å². The van der Waals surface area contributed by atoms with Crippen molar-refractivity contribution >= 4 is 46.0 Å². The quantitative estimate of drug-likeness (QED) is 0.369. The molecule has 8 heteroatoms. The Labute approximate surface area is 259 Å². The van der Waals surface area contributed by atoms with Crippen LogP contribution in [0.2, 0.25) is 5.02 Å². The van der Waals surface area contributed by atoms with E-state index in [-0.39, 0.29) is 29.7 Å². The van der Waals surface area contributed by atoms with E-state index in [1.165, 1.54) is 0 Å². The Morgan fingerprint density at radius 3 is 2.37 bits per heavy atom. The van der Waals surface area contributed by atoms with Crippen molar-refractivity contribution in [2.45, 2.75) is 32.7 Å². The lowest BCUT2D eigenvalue weighted by atomic mass is 9.73. The molecule has 43 heavy (non-hydrogen) atoms. The first kappa shape index (κ1) is 29.1. The van der Waals surface area contributed by atoms with Crippen molar-refractivity contribution in [1.29, 1.82) is 0 Å². The van der Waals surface area contributed by atoms with Crippen molar-refractivity contribution in [1.82, 2.24) is 4.90 Å². The van der Waals surface area contributed by atoms with Crippen molar-refractivity contribution < 1.29 is 9.59 Å². The van der Waals surface area contributed by atoms with Crippen molar-refractivity contribution in [3.8, 4) is 0 Å². The Hall–Kier alpha value is -3.97. The molecule has 6 rings (SSSR count). The molecule has 7 nitrogen and oxygen atoms in total. The van der Waals surface area contributed by atoms with E-state index in [4.69, 9.17) is 11.6 Å². The van der Waals surface area contributed by atoms with Crippen LogP contribution in [0.3, 0.4) is 0 Å². The topological polar surface area (TPSA) is 59.1 Å². The highest BCUT2D eigenvalue weighted by molar-refractivity contribution is 6.30. The maximum absolute atomic E-state index is 14.1. The fourth-order valence-electron chi connectivity index (χ4n) is 6.66. The van der Waals surface area contributed by atoms with Crippen LogP contribution in [0.4, 0.5) is 22.7 Å². The molecule has 1 amide bonds. The van der Waals surface area contributed by atoms with Crippen molar-refractivity contribution in [2.24, 2.45) is 5.41 Å². The first-order chi connectivity index (χ1) is 20.6. The van der Waals surface area contributed by atoms with Gasteiger partial charge < -0.3 is 24.9 Å². The number of carbonyl (C=O) groups excluding carboxylic acids is 2. The Morgan fingerprint density at radius 1 is 0.953 bits per heavy atom. The van der Waals surface area contributed by atoms with Crippen LogP contribution in [0.15, 0.2) is 84.1 Å². The van der Waals surface area contributed by atoms with Gasteiger partial charge in [-0.05, 0) is 59.9 Å². The van der Waals surface area contributed by atoms with E-state index >= 15 is 0 Å². The van der Waals surface area contributed by atoms with Gasteiger partial charge in [-0.1, -0.05) is 55.8 Å². The van der Waals surface area contributed by atoms with E-state index in [1.54, 1.807) is 0 Å². The van der Waals surface area contributed by atoms with Crippen LogP contribution in [-0.4, -0.2) is 63.4 Å². The van der Waals surface area contributed by atoms with Gasteiger partial charge in [-0.2, -0.15) is 0 Å². The lowest BCUT2D eigenvalue weighted by Gasteiger charge is -2.40. The second-order valence-corrected chi connectivity index (χ2v) is 13.3. The molecule has 1 unspecified atom stereocenters. The summed E-state index contributed by atoms with van der Waals surface area (Å²) >= 11 is 6.24. The lowest BCUT2D eigenvalue weighted by Crippen LogP contribution is -2.52. The molecule has 1 N–H and O–H groups in total. The molecule has 0 spiro atoms. The van der Waals surface area contributed by atoms with Crippen LogP contribution in [0.25, 0.3) is 0 Å². The predicted molar refractivity (Wildman–Crippen MR) is 176 cm³/mol. The minimum atomic E-state index is -0.386. The zero-order chi connectivity index (χ0) is 30.3. The van der Waals surface area contributed by atoms with Gasteiger partial charge in [0.15, 0.2) is 5.78 Å². The number of anilines is 4. The van der Waals surface area contributed by atoms with Crippen LogP contribution >= 0.6 is 11.6 Å². The Balaban J connectivity index is 1.35. The highest BCUT2D eigenvalue weighted by Crippen LogP contribution is 2.48. The third-order valence-corrected chi connectivity index (χ3v) is 9.08. The van der Waals surface area contributed by atoms with Crippen LogP contribution < -0.4 is 20.0 Å². The second-order valence-electron chi connectivity index (χ2n) is 12.8. The summed E-state index contributed by atoms with van der Waals surface area (Å²) in [6.45, 7) is 7.20. The summed E-state index contributed by atoms with van der Waals surface area (Å²) in [6.07, 6.45) is 1.24. The Bertz CT molecular complexity index is 1560. The van der Waals surface area contributed by atoms with Gasteiger partial charge in [-0.15, -0.1) is 0 Å². The largest absolute Gasteiger partial charge is 0.378 e. The number of fused-ring (bicyclic) bond motifs is 1. The van der Waals surface area contributed by atoms with E-state index in [0.29, 0.717) is 24.5 Å². The number of nitrogens with zero attached hydrogens (tertiary/aromatic N) is 4. The monoisotopic (exact) mass is 597 g/mol. The SMILES string of the molecule is CN(C)c1ccc(C2C3=C(CC(C)(C)CC3=O)Nc3ccccc3N2CC(=O)N2CCN(c3cccc(Cl)c3)CC2)cc1. The number of ketones is 1. The van der Waals surface area contributed by atoms with E-state index in [9.17, 15) is 9.59 Å². The number of halogens is 1. The number of rotatable bonds is 5. The fourth-order valence-corrected chi connectivity index (χ4v) is 6.85. The summed E-state index contributed by atoms with van der Waals surface area (Å²) in [7, 11) is 4.04. The van der Waals surface area contributed by atoms with Crippen LogP contribution in [-0.2, 0) is 9.59 Å². The Morgan fingerprint density at radius 2 is 1.67 bits per heavy atom. The summed E-state index contributed by atoms with van der Waals surface area (Å²) in [5.74, 6) is 0.198. The van der Waals surface area contributed by atoms with Gasteiger partial charge in [0.05, 0.1) is 24.0 Å². The summed E-state index contributed by atoms with van der Waals surface area (Å²) < 4.78 is 0. The zero-order valence-corrected chi connectivity index (χ0v) is 26.2. The maximum Gasteiger partial charge on any atom is 0.242 e. The van der Waals surface area contributed by atoms with Crippen molar-refractivity contribution in [3.63, 3.8) is 0 Å². The molecule has 0 aromatic heterocycles. The maximum atomic E-state index is 14.1. The summed E-state index contributed by atoms with van der Waals surface area (Å²) in [5.41, 5.74) is 6.59. The fraction of sp³-hybridized carbons (Fsp3) is 0.371. The van der Waals surface area contributed by atoms with E-state index in [2.05, 4.69) is 70.3 Å². The average molecular weight is 598 g/mol. The predicted octanol–water partition coefficient (Wildman–Crippen LogP) is 6.37. The van der Waals surface area contributed by atoms with Crippen LogP contribution in [0.1, 0.15) is 38.3 Å². The third kappa shape index (κ3) is 5.96. The first-order valence-electron chi connectivity index (χ1n) is 15.0. The number of allylic oxidation sites excluding steroid dienone is 1. The zero-order valence-electron chi connectivity index (χ0n) is 25.4. The molecular weight excluding hydrogens is 558 g/mol. The molecule has 3 aromatic carbocycles. The van der Waals surface area contributed by atoms with Gasteiger partial charge in [-0.25, -0.2) is 0 Å². The van der Waals surface area contributed by atoms with Gasteiger partial charge in [-0.3, -0.25) is 9.59 Å². The van der Waals surface area contributed by atoms with E-state index in [0.717, 1.165) is 59.1 Å². The van der Waals surface area contributed by atoms with Gasteiger partial charge in [0.1, 0.15) is 0 Å². The number of benzene rings is 3. The number of hydrogen-bond donors (Lipinski definition) is 1. The highest BCUT2D eigenvalue weighted by Gasteiger charge is 2.42. The number of nitrogens with one attached hydrogen (secondary N) is 1. The summed E-state index contributed by atoms with van der Waals surface area (Å²) in [6, 6.07) is 24.0. The molecule has 1 fully saturated rings. The number of piperazine rings is 1. The number of Topliss-reactive ketones (excluding diaryl/α,β-unsaturated/α-hetero) is 1. The van der Waals surface area contributed by atoms with Gasteiger partial charge in [0, 0.05) is 74.4 Å². The molecule has 1 atom stereocenters. The first-order valence-corrected chi connectivity index (χ1v) is 15.4. The van der Waals surface area contributed by atoms with Gasteiger partial charge >= 0.3 is 0 Å². The van der Waals surface area contributed by atoms with E-state index in [1.807, 2.05) is 55.4 Å². The normalized spacial score (nSPS) is 19.8. The van der Waals surface area contributed by atoms with E-state index < -0.39 is 0 Å². The molecule has 3 aromatic rings. The standard InChI is InChI=1S/C35H40ClN5O2/c1-35(2)21-29-33(31(42)22-35)34(24-12-14-26(15-13-24)38(3)4)41(30-11-6-5-10-28(30)37-29)23-32(43)40-18-16-39(17-19-40)27-9-7-8-25(36)20-27/h5-15,20,34,37H,16-19,21-23H2,1-4H3. The smallest absolute Gasteiger partial charge is 0.242 e. The Kier molecular flexibility index (Phi) is 7.86. The highest BCUT2D eigenvalue weighted by atomic mass is 35.5. The molecule has 224 valence electrons. The molecule has 0 bridgehead atoms. The molecule has 2 heterocycles. The lowest BCUT2D eigenvalue weighted by molar-refractivity contribution is -0.130. The molecule has 2 aliphatic heterocycles.